The number of pyridine rings is 1. The van der Waals surface area contributed by atoms with Crippen molar-refractivity contribution >= 4 is 39.1 Å². The second-order valence-electron chi connectivity index (χ2n) is 4.44. The van der Waals surface area contributed by atoms with Gasteiger partial charge in [-0.3, -0.25) is 10.1 Å². The summed E-state index contributed by atoms with van der Waals surface area (Å²) in [5.74, 6) is 0.676. The van der Waals surface area contributed by atoms with E-state index in [1.54, 1.807) is 25.4 Å². The van der Waals surface area contributed by atoms with Crippen molar-refractivity contribution in [3.05, 3.63) is 39.2 Å². The molecule has 0 amide bonds. The molecule has 0 saturated carbocycles. The van der Waals surface area contributed by atoms with Gasteiger partial charge in [0.1, 0.15) is 12.1 Å². The summed E-state index contributed by atoms with van der Waals surface area (Å²) >= 11 is 3.28. The molecule has 2 aromatic heterocycles. The van der Waals surface area contributed by atoms with E-state index >= 15 is 0 Å². The molecule has 0 aliphatic rings. The molecule has 0 aliphatic carbocycles. The third kappa shape index (κ3) is 4.83. The topological polar surface area (TPSA) is 115 Å². The van der Waals surface area contributed by atoms with Gasteiger partial charge in [0.2, 0.25) is 11.6 Å². The van der Waals surface area contributed by atoms with Crippen LogP contribution in [0.25, 0.3) is 0 Å². The lowest BCUT2D eigenvalue weighted by Gasteiger charge is -2.09. The van der Waals surface area contributed by atoms with E-state index in [4.69, 9.17) is 4.74 Å². The van der Waals surface area contributed by atoms with Gasteiger partial charge in [-0.15, -0.1) is 0 Å². The predicted molar refractivity (Wildman–Crippen MR) is 88.9 cm³/mol. The molecule has 10 heteroatoms. The lowest BCUT2D eigenvalue weighted by molar-refractivity contribution is -0.383. The first-order valence-corrected chi connectivity index (χ1v) is 7.52. The van der Waals surface area contributed by atoms with E-state index in [1.807, 2.05) is 0 Å². The molecule has 122 valence electrons. The van der Waals surface area contributed by atoms with Gasteiger partial charge in [0.25, 0.3) is 0 Å². The molecule has 0 aromatic carbocycles. The minimum Gasteiger partial charge on any atom is -0.385 e. The van der Waals surface area contributed by atoms with E-state index in [2.05, 4.69) is 41.5 Å². The van der Waals surface area contributed by atoms with Gasteiger partial charge in [-0.2, -0.15) is 0 Å². The number of nitrogens with one attached hydrogen (secondary N) is 2. The Balaban J connectivity index is 2.21. The van der Waals surface area contributed by atoms with Crippen molar-refractivity contribution in [1.82, 2.24) is 15.0 Å². The maximum atomic E-state index is 11.4. The first-order chi connectivity index (χ1) is 11.1. The fourth-order valence-electron chi connectivity index (χ4n) is 1.77. The third-order valence-electron chi connectivity index (χ3n) is 2.80. The van der Waals surface area contributed by atoms with Crippen LogP contribution in [0.3, 0.4) is 0 Å². The van der Waals surface area contributed by atoms with Gasteiger partial charge < -0.3 is 15.4 Å². The van der Waals surface area contributed by atoms with Crippen LogP contribution in [0.4, 0.5) is 23.1 Å². The first kappa shape index (κ1) is 17.0. The Hall–Kier alpha value is -2.33. The second-order valence-corrected chi connectivity index (χ2v) is 5.35. The molecule has 0 unspecified atom stereocenters. The Morgan fingerprint density at radius 3 is 2.74 bits per heavy atom. The highest BCUT2D eigenvalue weighted by molar-refractivity contribution is 9.10. The molecule has 9 nitrogen and oxygen atoms in total. The molecule has 0 saturated heterocycles. The van der Waals surface area contributed by atoms with Gasteiger partial charge in [-0.25, -0.2) is 15.0 Å². The molecule has 0 radical (unpaired) electrons. The van der Waals surface area contributed by atoms with E-state index in [1.165, 1.54) is 6.33 Å². The van der Waals surface area contributed by atoms with Crippen molar-refractivity contribution in [3.8, 4) is 0 Å². The molecule has 0 bridgehead atoms. The number of halogens is 1. The average Bonchev–Trinajstić information content (AvgIpc) is 2.53. The van der Waals surface area contributed by atoms with Crippen LogP contribution in [-0.2, 0) is 4.74 Å². The smallest absolute Gasteiger partial charge is 0.353 e. The summed E-state index contributed by atoms with van der Waals surface area (Å²) in [5.41, 5.74) is -0.227. The molecule has 0 aliphatic heterocycles. The van der Waals surface area contributed by atoms with Crippen LogP contribution in [0.5, 0.6) is 0 Å². The number of nitrogens with zero attached hydrogens (tertiary/aromatic N) is 4. The molecule has 0 atom stereocenters. The number of hydrogen-bond donors (Lipinski definition) is 2. The zero-order valence-electron chi connectivity index (χ0n) is 12.3. The zero-order valence-corrected chi connectivity index (χ0v) is 13.9. The molecule has 0 spiro atoms. The fourth-order valence-corrected chi connectivity index (χ4v) is 2.00. The van der Waals surface area contributed by atoms with Gasteiger partial charge in [0, 0.05) is 30.9 Å². The van der Waals surface area contributed by atoms with Crippen LogP contribution in [0.1, 0.15) is 6.42 Å². The maximum absolute atomic E-state index is 11.4. The van der Waals surface area contributed by atoms with Gasteiger partial charge in [-0.05, 0) is 34.5 Å². The summed E-state index contributed by atoms with van der Waals surface area (Å²) in [7, 11) is 1.60. The number of aromatic nitrogens is 3. The van der Waals surface area contributed by atoms with Crippen LogP contribution >= 0.6 is 15.9 Å². The highest BCUT2D eigenvalue weighted by atomic mass is 79.9. The molecular formula is C13H15BrN6O3. The predicted octanol–water partition coefficient (Wildman–Crippen LogP) is 2.73. The van der Waals surface area contributed by atoms with Crippen molar-refractivity contribution in [1.29, 1.82) is 0 Å². The van der Waals surface area contributed by atoms with Crippen molar-refractivity contribution in [2.75, 3.05) is 30.9 Å². The minimum atomic E-state index is -0.528. The second kappa shape index (κ2) is 8.34. The summed E-state index contributed by atoms with van der Waals surface area (Å²) < 4.78 is 5.74. The molecule has 2 rings (SSSR count). The number of rotatable bonds is 8. The number of ether oxygens (including phenoxy) is 1. The molecular weight excluding hydrogens is 368 g/mol. The summed E-state index contributed by atoms with van der Waals surface area (Å²) in [6.07, 6.45) is 3.54. The molecule has 2 heterocycles. The maximum Gasteiger partial charge on any atom is 0.353 e. The third-order valence-corrected chi connectivity index (χ3v) is 3.27. The Morgan fingerprint density at radius 2 is 2.09 bits per heavy atom. The lowest BCUT2D eigenvalue weighted by Crippen LogP contribution is -2.10. The van der Waals surface area contributed by atoms with Crippen LogP contribution < -0.4 is 10.6 Å². The number of nitro groups is 1. The van der Waals surface area contributed by atoms with Crippen LogP contribution in [0, 0.1) is 10.1 Å². The van der Waals surface area contributed by atoms with Crippen LogP contribution in [0.15, 0.2) is 29.1 Å². The van der Waals surface area contributed by atoms with E-state index in [0.717, 1.165) is 4.47 Å². The lowest BCUT2D eigenvalue weighted by atomic mass is 10.3. The number of hydrogen-bond acceptors (Lipinski definition) is 8. The molecule has 2 aromatic rings. The van der Waals surface area contributed by atoms with Gasteiger partial charge in [-0.1, -0.05) is 0 Å². The van der Waals surface area contributed by atoms with E-state index in [9.17, 15) is 10.1 Å². The standard InChI is InChI=1S/C13H15BrN6O3/c1-23-6-2-5-15-12-11(20(21)22)13(18-8-17-12)19-10-4-3-9(14)7-16-10/h3-4,7-8H,2,5-6H2,1H3,(H2,15,16,17,18,19). The first-order valence-electron chi connectivity index (χ1n) is 6.72. The van der Waals surface area contributed by atoms with Crippen molar-refractivity contribution in [2.45, 2.75) is 6.42 Å². The van der Waals surface area contributed by atoms with Crippen LogP contribution in [-0.4, -0.2) is 40.1 Å². The Labute approximate surface area is 140 Å². The highest BCUT2D eigenvalue weighted by Gasteiger charge is 2.23. The van der Waals surface area contributed by atoms with E-state index in [0.29, 0.717) is 25.4 Å². The van der Waals surface area contributed by atoms with E-state index in [-0.39, 0.29) is 17.3 Å². The molecule has 2 N–H and O–H groups in total. The monoisotopic (exact) mass is 382 g/mol. The summed E-state index contributed by atoms with van der Waals surface area (Å²) in [4.78, 5) is 22.8. The van der Waals surface area contributed by atoms with Crippen LogP contribution in [0.2, 0.25) is 0 Å². The molecule has 0 fully saturated rings. The minimum absolute atomic E-state index is 0.0778. The Morgan fingerprint density at radius 1 is 1.30 bits per heavy atom. The SMILES string of the molecule is COCCCNc1ncnc(Nc2ccc(Br)cn2)c1[N+](=O)[O-]. The Kier molecular flexibility index (Phi) is 6.18. The quantitative estimate of drug-likeness (QED) is 0.406. The number of methoxy groups -OCH3 is 1. The zero-order chi connectivity index (χ0) is 16.7. The number of anilines is 3. The van der Waals surface area contributed by atoms with Gasteiger partial charge >= 0.3 is 5.69 Å². The Bertz CT molecular complexity index is 667. The largest absolute Gasteiger partial charge is 0.385 e. The highest BCUT2D eigenvalue weighted by Crippen LogP contribution is 2.30. The summed E-state index contributed by atoms with van der Waals surface area (Å²) in [6, 6.07) is 3.45. The van der Waals surface area contributed by atoms with Crippen molar-refractivity contribution < 1.29 is 9.66 Å². The summed E-state index contributed by atoms with van der Waals surface area (Å²) in [6.45, 7) is 1.06. The fraction of sp³-hybridized carbons (Fsp3) is 0.308. The summed E-state index contributed by atoms with van der Waals surface area (Å²) in [5, 5.41) is 17.1. The van der Waals surface area contributed by atoms with Gasteiger partial charge in [0.05, 0.1) is 4.92 Å². The van der Waals surface area contributed by atoms with E-state index < -0.39 is 4.92 Å². The van der Waals surface area contributed by atoms with Crippen molar-refractivity contribution in [2.24, 2.45) is 0 Å². The normalized spacial score (nSPS) is 10.3. The molecule has 23 heavy (non-hydrogen) atoms. The average molecular weight is 383 g/mol. The van der Waals surface area contributed by atoms with Crippen molar-refractivity contribution in [3.63, 3.8) is 0 Å². The van der Waals surface area contributed by atoms with Gasteiger partial charge in [0.15, 0.2) is 0 Å².